The molecule has 18 heavy (non-hydrogen) atoms. The Bertz CT molecular complexity index is 517. The van der Waals surface area contributed by atoms with Crippen LogP contribution in [-0.4, -0.2) is 48.4 Å². The number of anilines is 1. The lowest BCUT2D eigenvalue weighted by molar-refractivity contribution is -0.143. The van der Waals surface area contributed by atoms with Gasteiger partial charge < -0.3 is 15.0 Å². The minimum atomic E-state index is -3.86. The molecule has 0 saturated carbocycles. The van der Waals surface area contributed by atoms with Crippen LogP contribution in [0.4, 0.5) is 5.82 Å². The van der Waals surface area contributed by atoms with E-state index < -0.39 is 16.0 Å². The zero-order chi connectivity index (χ0) is 13.9. The number of esters is 1. The first kappa shape index (κ1) is 14.5. The number of nitrogens with two attached hydrogens (primary N) is 1. The lowest BCUT2D eigenvalue weighted by Crippen LogP contribution is -2.34. The van der Waals surface area contributed by atoms with Crippen LogP contribution in [0.1, 0.15) is 6.92 Å². The Morgan fingerprint density at radius 1 is 1.61 bits per heavy atom. The molecule has 1 aromatic heterocycles. The van der Waals surface area contributed by atoms with Gasteiger partial charge in [-0.1, -0.05) is 0 Å². The molecule has 2 N–H and O–H groups in total. The zero-order valence-electron chi connectivity index (χ0n) is 10.5. The van der Waals surface area contributed by atoms with Crippen LogP contribution in [0.15, 0.2) is 11.4 Å². The molecule has 0 fully saturated rings. The van der Waals surface area contributed by atoms with E-state index in [0.29, 0.717) is 0 Å². The van der Waals surface area contributed by atoms with E-state index in [0.717, 1.165) is 4.31 Å². The average Bonchev–Trinajstić information content (AvgIpc) is 2.59. The van der Waals surface area contributed by atoms with Crippen molar-refractivity contribution in [3.05, 3.63) is 6.33 Å². The van der Waals surface area contributed by atoms with Crippen LogP contribution in [0.25, 0.3) is 0 Å². The fraction of sp³-hybridized carbons (Fsp3) is 0.556. The molecule has 0 aliphatic carbocycles. The van der Waals surface area contributed by atoms with E-state index in [9.17, 15) is 13.2 Å². The van der Waals surface area contributed by atoms with Gasteiger partial charge in [0.25, 0.3) is 10.0 Å². The fourth-order valence-corrected chi connectivity index (χ4v) is 2.67. The lowest BCUT2D eigenvalue weighted by atomic mass is 10.6. The molecule has 0 atom stereocenters. The Kier molecular flexibility index (Phi) is 4.30. The first-order valence-electron chi connectivity index (χ1n) is 5.19. The highest BCUT2D eigenvalue weighted by atomic mass is 32.2. The number of rotatable bonds is 5. The van der Waals surface area contributed by atoms with Gasteiger partial charge in [-0.05, 0) is 6.92 Å². The number of likely N-dealkylation sites (N-methyl/N-ethyl adjacent to an activating group) is 1. The van der Waals surface area contributed by atoms with Crippen LogP contribution < -0.4 is 5.73 Å². The third-order valence-corrected chi connectivity index (χ3v) is 4.16. The van der Waals surface area contributed by atoms with Crippen molar-refractivity contribution in [2.45, 2.75) is 11.9 Å². The van der Waals surface area contributed by atoms with Gasteiger partial charge in [-0.3, -0.25) is 4.79 Å². The maximum Gasteiger partial charge on any atom is 0.321 e. The number of ether oxygens (including phenoxy) is 1. The van der Waals surface area contributed by atoms with Gasteiger partial charge in [-0.2, -0.15) is 4.31 Å². The maximum atomic E-state index is 12.2. The first-order chi connectivity index (χ1) is 8.30. The summed E-state index contributed by atoms with van der Waals surface area (Å²) in [6.45, 7) is 1.47. The summed E-state index contributed by atoms with van der Waals surface area (Å²) in [5.74, 6) is -0.725. The molecule has 1 rings (SSSR count). The zero-order valence-corrected chi connectivity index (χ0v) is 11.3. The second kappa shape index (κ2) is 5.36. The quantitative estimate of drug-likeness (QED) is 0.704. The normalized spacial score (nSPS) is 11.8. The molecule has 0 radical (unpaired) electrons. The van der Waals surface area contributed by atoms with Gasteiger partial charge in [0.2, 0.25) is 0 Å². The second-order valence-corrected chi connectivity index (χ2v) is 5.57. The second-order valence-electron chi connectivity index (χ2n) is 3.61. The molecule has 102 valence electrons. The third-order valence-electron chi connectivity index (χ3n) is 2.22. The first-order valence-corrected chi connectivity index (χ1v) is 6.63. The summed E-state index contributed by atoms with van der Waals surface area (Å²) in [5.41, 5.74) is 5.50. The summed E-state index contributed by atoms with van der Waals surface area (Å²) in [7, 11) is -1.08. The molecule has 9 heteroatoms. The Balaban J connectivity index is 2.97. The number of aryl methyl sites for hydroxylation is 1. The summed E-state index contributed by atoms with van der Waals surface area (Å²) in [6.07, 6.45) is 1.29. The van der Waals surface area contributed by atoms with Crippen molar-refractivity contribution < 1.29 is 17.9 Å². The number of hydrogen-bond acceptors (Lipinski definition) is 6. The summed E-state index contributed by atoms with van der Waals surface area (Å²) in [4.78, 5) is 15.0. The number of aromatic nitrogens is 2. The van der Waals surface area contributed by atoms with Crippen LogP contribution in [0.3, 0.4) is 0 Å². The minimum Gasteiger partial charge on any atom is -0.465 e. The standard InChI is InChI=1S/C9H16N4O4S/c1-4-17-7(14)5-13(3)18(15,16)9-8(10)11-6-12(9)2/h6H,4-5,10H2,1-3H3. The Morgan fingerprint density at radius 2 is 2.22 bits per heavy atom. The van der Waals surface area contributed by atoms with Crippen molar-refractivity contribution in [1.29, 1.82) is 0 Å². The van der Waals surface area contributed by atoms with Crippen molar-refractivity contribution in [3.63, 3.8) is 0 Å². The molecule has 1 aromatic rings. The highest BCUT2D eigenvalue weighted by Crippen LogP contribution is 2.19. The van der Waals surface area contributed by atoms with Crippen molar-refractivity contribution in [2.24, 2.45) is 7.05 Å². The summed E-state index contributed by atoms with van der Waals surface area (Å²) < 4.78 is 31.1. The van der Waals surface area contributed by atoms with Crippen LogP contribution >= 0.6 is 0 Å². The van der Waals surface area contributed by atoms with Crippen LogP contribution in [0.5, 0.6) is 0 Å². The van der Waals surface area contributed by atoms with Crippen molar-refractivity contribution in [2.75, 3.05) is 25.9 Å². The molecule has 0 aliphatic rings. The largest absolute Gasteiger partial charge is 0.465 e. The lowest BCUT2D eigenvalue weighted by Gasteiger charge is -2.16. The predicted molar refractivity (Wildman–Crippen MR) is 64.1 cm³/mol. The number of nitrogen functional groups attached to an aromatic ring is 1. The Morgan fingerprint density at radius 3 is 2.67 bits per heavy atom. The molecule has 8 nitrogen and oxygen atoms in total. The van der Waals surface area contributed by atoms with Crippen molar-refractivity contribution in [1.82, 2.24) is 13.9 Å². The van der Waals surface area contributed by atoms with Gasteiger partial charge in [0.15, 0.2) is 10.8 Å². The minimum absolute atomic E-state index is 0.104. The van der Waals surface area contributed by atoms with Crippen LogP contribution in [-0.2, 0) is 26.6 Å². The predicted octanol–water partition coefficient (Wildman–Crippen LogP) is -0.814. The van der Waals surface area contributed by atoms with E-state index in [-0.39, 0.29) is 24.0 Å². The van der Waals surface area contributed by atoms with E-state index in [1.165, 1.54) is 25.0 Å². The van der Waals surface area contributed by atoms with Gasteiger partial charge in [-0.15, -0.1) is 0 Å². The average molecular weight is 276 g/mol. The van der Waals surface area contributed by atoms with Gasteiger partial charge in [0.05, 0.1) is 12.9 Å². The summed E-state index contributed by atoms with van der Waals surface area (Å²) >= 11 is 0. The molecule has 0 aromatic carbocycles. The topological polar surface area (TPSA) is 108 Å². The number of sulfonamides is 1. The van der Waals surface area contributed by atoms with Crippen LogP contribution in [0.2, 0.25) is 0 Å². The third kappa shape index (κ3) is 2.79. The summed E-state index contributed by atoms with van der Waals surface area (Å²) in [6, 6.07) is 0. The highest BCUT2D eigenvalue weighted by molar-refractivity contribution is 7.89. The van der Waals surface area contributed by atoms with E-state index in [1.54, 1.807) is 6.92 Å². The molecule has 0 saturated heterocycles. The number of carbonyl (C=O) groups is 1. The molecular weight excluding hydrogens is 260 g/mol. The maximum absolute atomic E-state index is 12.2. The van der Waals surface area contributed by atoms with Crippen molar-refractivity contribution >= 4 is 21.8 Å². The number of hydrogen-bond donors (Lipinski definition) is 1. The smallest absolute Gasteiger partial charge is 0.321 e. The van der Waals surface area contributed by atoms with E-state index in [4.69, 9.17) is 5.73 Å². The number of carbonyl (C=O) groups excluding carboxylic acids is 1. The van der Waals surface area contributed by atoms with E-state index in [2.05, 4.69) is 9.72 Å². The molecule has 0 amide bonds. The number of imidazole rings is 1. The van der Waals surface area contributed by atoms with E-state index >= 15 is 0 Å². The van der Waals surface area contributed by atoms with Gasteiger partial charge in [-0.25, -0.2) is 13.4 Å². The number of nitrogens with zero attached hydrogens (tertiary/aromatic N) is 3. The van der Waals surface area contributed by atoms with Gasteiger partial charge in [0, 0.05) is 14.1 Å². The highest BCUT2D eigenvalue weighted by Gasteiger charge is 2.28. The Hall–Kier alpha value is -1.61. The molecule has 0 spiro atoms. The molecule has 1 heterocycles. The molecule has 0 aliphatic heterocycles. The van der Waals surface area contributed by atoms with Crippen LogP contribution in [0, 0.1) is 0 Å². The summed E-state index contributed by atoms with van der Waals surface area (Å²) in [5, 5.41) is -0.144. The van der Waals surface area contributed by atoms with Gasteiger partial charge in [0.1, 0.15) is 6.54 Å². The molecule has 0 bridgehead atoms. The molecule has 0 unspecified atom stereocenters. The molecular formula is C9H16N4O4S. The monoisotopic (exact) mass is 276 g/mol. The van der Waals surface area contributed by atoms with Crippen molar-refractivity contribution in [3.8, 4) is 0 Å². The SMILES string of the molecule is CCOC(=O)CN(C)S(=O)(=O)c1c(N)ncn1C. The Labute approximate surface area is 105 Å². The van der Waals surface area contributed by atoms with Gasteiger partial charge >= 0.3 is 5.97 Å². The van der Waals surface area contributed by atoms with E-state index in [1.807, 2.05) is 0 Å². The fourth-order valence-electron chi connectivity index (χ4n) is 1.37.